The van der Waals surface area contributed by atoms with Gasteiger partial charge < -0.3 is 10.2 Å². The summed E-state index contributed by atoms with van der Waals surface area (Å²) in [6.45, 7) is 15.3. The molecule has 1 aliphatic rings. The van der Waals surface area contributed by atoms with E-state index in [2.05, 4.69) is 80.1 Å². The lowest BCUT2D eigenvalue weighted by Gasteiger charge is -2.32. The topological polar surface area (TPSA) is 56.7 Å². The standard InChI is InChI=1S/C15H17N3.C13H19N3.C2H6/c1-4-11(9-16-2)12-5-6-13-10-18-15(17-3)8-14(13)7-12;1-3-12-4-5-14-13(10-12)11-16-8-6-15(2)7-9-16;1-2/h4-10H,1-3H3,(H,17,18);3-5,10H,1,6-9,11H2,2H3;1-2H3/b11-4+,16-9?;;. The summed E-state index contributed by atoms with van der Waals surface area (Å²) in [4.78, 5) is 17.6. The van der Waals surface area contributed by atoms with Gasteiger partial charge in [-0.25, -0.2) is 4.98 Å². The molecule has 1 aliphatic heterocycles. The minimum Gasteiger partial charge on any atom is -0.373 e. The minimum atomic E-state index is 0.880. The normalized spacial score (nSPS) is 14.6. The van der Waals surface area contributed by atoms with Gasteiger partial charge >= 0.3 is 0 Å². The third-order valence-electron chi connectivity index (χ3n) is 5.95. The van der Waals surface area contributed by atoms with Crippen LogP contribution >= 0.6 is 0 Å². The highest BCUT2D eigenvalue weighted by atomic mass is 15.2. The van der Waals surface area contributed by atoms with Crippen LogP contribution in [0.3, 0.4) is 0 Å². The van der Waals surface area contributed by atoms with Gasteiger partial charge in [0.1, 0.15) is 5.82 Å². The second-order valence-electron chi connectivity index (χ2n) is 8.38. The highest BCUT2D eigenvalue weighted by Gasteiger charge is 2.14. The van der Waals surface area contributed by atoms with Crippen molar-refractivity contribution in [2.24, 2.45) is 4.99 Å². The monoisotopic (exact) mass is 486 g/mol. The molecule has 6 heteroatoms. The second kappa shape index (κ2) is 15.6. The van der Waals surface area contributed by atoms with Gasteiger partial charge in [-0.05, 0) is 60.3 Å². The van der Waals surface area contributed by atoms with Crippen molar-refractivity contribution >= 4 is 34.5 Å². The number of nitrogens with one attached hydrogen (secondary N) is 1. The molecule has 0 spiro atoms. The van der Waals surface area contributed by atoms with E-state index < -0.39 is 0 Å². The number of allylic oxidation sites excluding steroid dienone is 2. The molecule has 0 aliphatic carbocycles. The number of anilines is 1. The maximum Gasteiger partial charge on any atom is 0.126 e. The van der Waals surface area contributed by atoms with E-state index in [1.165, 1.54) is 10.9 Å². The van der Waals surface area contributed by atoms with Crippen LogP contribution < -0.4 is 5.32 Å². The van der Waals surface area contributed by atoms with E-state index in [1.807, 2.05) is 58.6 Å². The molecule has 0 atom stereocenters. The highest BCUT2D eigenvalue weighted by Crippen LogP contribution is 2.22. The van der Waals surface area contributed by atoms with E-state index in [-0.39, 0.29) is 0 Å². The zero-order valence-electron chi connectivity index (χ0n) is 22.8. The quantitative estimate of drug-likeness (QED) is 0.441. The van der Waals surface area contributed by atoms with Gasteiger partial charge in [-0.1, -0.05) is 44.7 Å². The van der Waals surface area contributed by atoms with Crippen molar-refractivity contribution in [2.75, 3.05) is 52.6 Å². The van der Waals surface area contributed by atoms with Crippen molar-refractivity contribution in [2.45, 2.75) is 27.3 Å². The summed E-state index contributed by atoms with van der Waals surface area (Å²) < 4.78 is 0. The fourth-order valence-electron chi connectivity index (χ4n) is 3.86. The van der Waals surface area contributed by atoms with Crippen LogP contribution in [-0.2, 0) is 6.54 Å². The summed E-state index contributed by atoms with van der Waals surface area (Å²) in [7, 11) is 5.83. The molecule has 0 bridgehead atoms. The first-order chi connectivity index (χ1) is 17.6. The van der Waals surface area contributed by atoms with Crippen molar-refractivity contribution in [3.63, 3.8) is 0 Å². The van der Waals surface area contributed by atoms with Crippen LogP contribution in [-0.4, -0.2) is 73.3 Å². The Balaban J connectivity index is 0.000000239. The first-order valence-corrected chi connectivity index (χ1v) is 12.7. The number of benzene rings is 1. The number of nitrogens with zero attached hydrogens (tertiary/aromatic N) is 5. The Labute approximate surface area is 217 Å². The van der Waals surface area contributed by atoms with Crippen molar-refractivity contribution in [3.8, 4) is 0 Å². The third-order valence-corrected chi connectivity index (χ3v) is 5.95. The number of pyridine rings is 2. The van der Waals surface area contributed by atoms with E-state index in [0.717, 1.165) is 60.8 Å². The Kier molecular flexibility index (Phi) is 12.5. The molecular weight excluding hydrogens is 444 g/mol. The van der Waals surface area contributed by atoms with E-state index >= 15 is 0 Å². The summed E-state index contributed by atoms with van der Waals surface area (Å²) in [5, 5.41) is 5.37. The summed E-state index contributed by atoms with van der Waals surface area (Å²) in [5.41, 5.74) is 4.59. The Morgan fingerprint density at radius 3 is 2.44 bits per heavy atom. The van der Waals surface area contributed by atoms with Crippen LogP contribution in [0.4, 0.5) is 5.82 Å². The summed E-state index contributed by atoms with van der Waals surface area (Å²) in [6.07, 6.45) is 9.56. The second-order valence-corrected chi connectivity index (χ2v) is 8.38. The summed E-state index contributed by atoms with van der Waals surface area (Å²) in [5.74, 6) is 0.880. The molecule has 3 heterocycles. The Morgan fingerprint density at radius 2 is 1.81 bits per heavy atom. The van der Waals surface area contributed by atoms with E-state index in [9.17, 15) is 0 Å². The fraction of sp³-hybridized carbons (Fsp3) is 0.367. The largest absolute Gasteiger partial charge is 0.373 e. The van der Waals surface area contributed by atoms with Gasteiger partial charge in [-0.3, -0.25) is 14.9 Å². The van der Waals surface area contributed by atoms with Crippen molar-refractivity contribution < 1.29 is 0 Å². The molecule has 1 aromatic carbocycles. The number of hydrogen-bond donors (Lipinski definition) is 1. The molecule has 0 amide bonds. The molecule has 192 valence electrons. The Bertz CT molecular complexity index is 1140. The Hall–Kier alpha value is -3.35. The van der Waals surface area contributed by atoms with Crippen molar-refractivity contribution in [1.82, 2.24) is 19.8 Å². The highest BCUT2D eigenvalue weighted by molar-refractivity contribution is 6.10. The first-order valence-electron chi connectivity index (χ1n) is 12.7. The smallest absolute Gasteiger partial charge is 0.126 e. The van der Waals surface area contributed by atoms with Crippen LogP contribution in [0, 0.1) is 0 Å². The minimum absolute atomic E-state index is 0.880. The Morgan fingerprint density at radius 1 is 1.06 bits per heavy atom. The van der Waals surface area contributed by atoms with Crippen LogP contribution in [0.2, 0.25) is 0 Å². The van der Waals surface area contributed by atoms with Crippen LogP contribution in [0.25, 0.3) is 22.4 Å². The van der Waals surface area contributed by atoms with Gasteiger partial charge in [0.15, 0.2) is 0 Å². The zero-order valence-corrected chi connectivity index (χ0v) is 22.8. The van der Waals surface area contributed by atoms with Gasteiger partial charge in [0.05, 0.1) is 5.69 Å². The molecule has 6 nitrogen and oxygen atoms in total. The average molecular weight is 487 g/mol. The van der Waals surface area contributed by atoms with E-state index in [1.54, 1.807) is 7.05 Å². The van der Waals surface area contributed by atoms with Crippen LogP contribution in [0.15, 0.2) is 66.4 Å². The predicted octanol–water partition coefficient (Wildman–Crippen LogP) is 5.88. The lowest BCUT2D eigenvalue weighted by molar-refractivity contribution is 0.147. The molecule has 1 saturated heterocycles. The molecule has 0 saturated carbocycles. The molecule has 36 heavy (non-hydrogen) atoms. The molecule has 1 fully saturated rings. The van der Waals surface area contributed by atoms with Crippen molar-refractivity contribution in [1.29, 1.82) is 0 Å². The molecular formula is C30H42N6. The van der Waals surface area contributed by atoms with Gasteiger partial charge in [-0.2, -0.15) is 0 Å². The average Bonchev–Trinajstić information content (AvgIpc) is 2.94. The van der Waals surface area contributed by atoms with Gasteiger partial charge in [0, 0.05) is 70.8 Å². The summed E-state index contributed by atoms with van der Waals surface area (Å²) >= 11 is 0. The SMILES string of the molecule is C/C=C(\C=NC)c1ccc2cnc(NC)cc2c1.C=Cc1ccnc(CN2CCN(C)CC2)c1.CC. The summed E-state index contributed by atoms with van der Waals surface area (Å²) in [6, 6.07) is 12.5. The fourth-order valence-corrected chi connectivity index (χ4v) is 3.86. The van der Waals surface area contributed by atoms with E-state index in [4.69, 9.17) is 0 Å². The number of hydrogen-bond acceptors (Lipinski definition) is 6. The van der Waals surface area contributed by atoms with Gasteiger partial charge in [-0.15, -0.1) is 0 Å². The van der Waals surface area contributed by atoms with E-state index in [0.29, 0.717) is 0 Å². The molecule has 3 aromatic rings. The van der Waals surface area contributed by atoms with Crippen LogP contribution in [0.1, 0.15) is 37.6 Å². The molecule has 0 radical (unpaired) electrons. The third kappa shape index (κ3) is 8.70. The number of aromatic nitrogens is 2. The predicted molar refractivity (Wildman–Crippen MR) is 158 cm³/mol. The number of piperazine rings is 1. The zero-order chi connectivity index (χ0) is 26.3. The maximum absolute atomic E-state index is 4.40. The number of aliphatic imine (C=N–C) groups is 1. The van der Waals surface area contributed by atoms with Crippen LogP contribution in [0.5, 0.6) is 0 Å². The lowest BCUT2D eigenvalue weighted by atomic mass is 10.0. The molecule has 0 unspecified atom stereocenters. The molecule has 4 rings (SSSR count). The lowest BCUT2D eigenvalue weighted by Crippen LogP contribution is -2.44. The molecule has 2 aromatic heterocycles. The van der Waals surface area contributed by atoms with Crippen molar-refractivity contribution in [3.05, 3.63) is 78.3 Å². The van der Waals surface area contributed by atoms with Gasteiger partial charge in [0.25, 0.3) is 0 Å². The first kappa shape index (κ1) is 28.9. The number of fused-ring (bicyclic) bond motifs is 1. The number of likely N-dealkylation sites (N-methyl/N-ethyl adjacent to an activating group) is 1. The maximum atomic E-state index is 4.40. The van der Waals surface area contributed by atoms with Gasteiger partial charge in [0.2, 0.25) is 0 Å². The number of rotatable bonds is 6. The molecule has 1 N–H and O–H groups in total.